The Bertz CT molecular complexity index is 578. The third-order valence-electron chi connectivity index (χ3n) is 3.21. The summed E-state index contributed by atoms with van der Waals surface area (Å²) in [5.74, 6) is 0.230. The molecule has 0 aliphatic carbocycles. The second-order valence-electron chi connectivity index (χ2n) is 4.77. The summed E-state index contributed by atoms with van der Waals surface area (Å²) in [6.45, 7) is 2.90. The van der Waals surface area contributed by atoms with Crippen molar-refractivity contribution in [1.29, 1.82) is 0 Å². The molecular weight excluding hydrogens is 250 g/mol. The second-order valence-corrected chi connectivity index (χ2v) is 7.03. The van der Waals surface area contributed by atoms with E-state index in [9.17, 15) is 13.2 Å². The number of rotatable bonds is 4. The smallest absolute Gasteiger partial charge is 0.159 e. The third-order valence-corrected chi connectivity index (χ3v) is 4.13. The fourth-order valence-electron chi connectivity index (χ4n) is 2.20. The van der Waals surface area contributed by atoms with Crippen LogP contribution in [0.4, 0.5) is 5.69 Å². The molecule has 98 valence electrons. The van der Waals surface area contributed by atoms with Gasteiger partial charge in [-0.15, -0.1) is 0 Å². The maximum Gasteiger partial charge on any atom is 0.159 e. The molecule has 0 N–H and O–H groups in total. The molecule has 1 aromatic rings. The molecule has 2 rings (SSSR count). The molecule has 1 aliphatic heterocycles. The zero-order valence-electron chi connectivity index (χ0n) is 10.6. The zero-order chi connectivity index (χ0) is 13.3. The lowest BCUT2D eigenvalue weighted by Gasteiger charge is -2.18. The molecule has 0 radical (unpaired) electrons. The quantitative estimate of drug-likeness (QED) is 0.772. The molecule has 0 fully saturated rings. The summed E-state index contributed by atoms with van der Waals surface area (Å²) in [6, 6.07) is 5.64. The van der Waals surface area contributed by atoms with E-state index in [-0.39, 0.29) is 11.5 Å². The van der Waals surface area contributed by atoms with Gasteiger partial charge in [-0.05, 0) is 37.1 Å². The number of fused-ring (bicyclic) bond motifs is 1. The van der Waals surface area contributed by atoms with Gasteiger partial charge in [-0.3, -0.25) is 4.79 Å². The lowest BCUT2D eigenvalue weighted by atomic mass is 10.1. The predicted molar refractivity (Wildman–Crippen MR) is 72.1 cm³/mol. The minimum absolute atomic E-state index is 0.0624. The van der Waals surface area contributed by atoms with Gasteiger partial charge in [-0.25, -0.2) is 8.42 Å². The van der Waals surface area contributed by atoms with Crippen LogP contribution in [0, 0.1) is 0 Å². The van der Waals surface area contributed by atoms with Crippen LogP contribution in [0.1, 0.15) is 22.8 Å². The van der Waals surface area contributed by atoms with Crippen molar-refractivity contribution in [3.8, 4) is 0 Å². The van der Waals surface area contributed by atoms with Crippen molar-refractivity contribution in [1.82, 2.24) is 0 Å². The predicted octanol–water partition coefficient (Wildman–Crippen LogP) is 1.30. The van der Waals surface area contributed by atoms with Gasteiger partial charge in [0, 0.05) is 30.6 Å². The molecule has 0 saturated heterocycles. The third kappa shape index (κ3) is 2.90. The number of carbonyl (C=O) groups excluding carboxylic acids is 1. The van der Waals surface area contributed by atoms with Gasteiger partial charge in [0.1, 0.15) is 9.84 Å². The van der Waals surface area contributed by atoms with Crippen LogP contribution in [0.15, 0.2) is 18.2 Å². The number of Topliss-reactive ketones (excluding diaryl/α,β-unsaturated/α-hetero) is 1. The number of benzene rings is 1. The largest absolute Gasteiger partial charge is 0.370 e. The van der Waals surface area contributed by atoms with Crippen LogP contribution < -0.4 is 4.90 Å². The number of sulfone groups is 1. The standard InChI is InChI=1S/C13H17NO3S/c1-10(15)11-3-4-13-12(9-11)5-6-14(13)7-8-18(2,16)17/h3-4,9H,5-8H2,1-2H3. The first-order valence-electron chi connectivity index (χ1n) is 5.93. The Morgan fingerprint density at radius 1 is 1.39 bits per heavy atom. The van der Waals surface area contributed by atoms with Crippen molar-refractivity contribution in [3.63, 3.8) is 0 Å². The van der Waals surface area contributed by atoms with E-state index in [2.05, 4.69) is 4.90 Å². The summed E-state index contributed by atoms with van der Waals surface area (Å²) in [4.78, 5) is 13.4. The number of anilines is 1. The maximum absolute atomic E-state index is 11.3. The first-order valence-corrected chi connectivity index (χ1v) is 7.99. The highest BCUT2D eigenvalue weighted by atomic mass is 32.2. The number of nitrogens with zero attached hydrogens (tertiary/aromatic N) is 1. The molecular formula is C13H17NO3S. The first-order chi connectivity index (χ1) is 8.37. The molecule has 4 nitrogen and oxygen atoms in total. The Balaban J connectivity index is 2.16. The molecule has 0 unspecified atom stereocenters. The molecule has 0 saturated carbocycles. The van der Waals surface area contributed by atoms with E-state index in [0.29, 0.717) is 6.54 Å². The maximum atomic E-state index is 11.3. The Morgan fingerprint density at radius 3 is 2.72 bits per heavy atom. The van der Waals surface area contributed by atoms with Crippen molar-refractivity contribution in [2.45, 2.75) is 13.3 Å². The van der Waals surface area contributed by atoms with Crippen LogP contribution in [0.2, 0.25) is 0 Å². The summed E-state index contributed by atoms with van der Waals surface area (Å²) in [5, 5.41) is 0. The number of hydrogen-bond acceptors (Lipinski definition) is 4. The van der Waals surface area contributed by atoms with Gasteiger partial charge in [0.2, 0.25) is 0 Å². The van der Waals surface area contributed by atoms with Gasteiger partial charge >= 0.3 is 0 Å². The summed E-state index contributed by atoms with van der Waals surface area (Å²) in [7, 11) is -2.93. The number of ketones is 1. The normalized spacial score (nSPS) is 14.7. The monoisotopic (exact) mass is 267 g/mol. The van der Waals surface area contributed by atoms with Crippen molar-refractivity contribution < 1.29 is 13.2 Å². The summed E-state index contributed by atoms with van der Waals surface area (Å²) >= 11 is 0. The van der Waals surface area contributed by atoms with Crippen LogP contribution >= 0.6 is 0 Å². The summed E-state index contributed by atoms with van der Waals surface area (Å²) in [5.41, 5.74) is 2.92. The Morgan fingerprint density at radius 2 is 2.11 bits per heavy atom. The van der Waals surface area contributed by atoms with Crippen LogP contribution in [0.25, 0.3) is 0 Å². The molecule has 0 amide bonds. The molecule has 0 bridgehead atoms. The van der Waals surface area contributed by atoms with Gasteiger partial charge in [0.15, 0.2) is 5.78 Å². The van der Waals surface area contributed by atoms with Crippen molar-refractivity contribution >= 4 is 21.3 Å². The van der Waals surface area contributed by atoms with Crippen LogP contribution in [0.5, 0.6) is 0 Å². The molecule has 0 atom stereocenters. The molecule has 0 spiro atoms. The fourth-order valence-corrected chi connectivity index (χ4v) is 2.75. The molecule has 18 heavy (non-hydrogen) atoms. The van der Waals surface area contributed by atoms with E-state index < -0.39 is 9.84 Å². The topological polar surface area (TPSA) is 54.5 Å². The number of hydrogen-bond donors (Lipinski definition) is 0. The lowest BCUT2D eigenvalue weighted by Crippen LogP contribution is -2.27. The Hall–Kier alpha value is -1.36. The van der Waals surface area contributed by atoms with Gasteiger partial charge in [0.05, 0.1) is 5.75 Å². The van der Waals surface area contributed by atoms with E-state index in [1.807, 2.05) is 12.1 Å². The van der Waals surface area contributed by atoms with Crippen LogP contribution in [0.3, 0.4) is 0 Å². The average Bonchev–Trinajstić information content (AvgIpc) is 2.67. The van der Waals surface area contributed by atoms with Crippen LogP contribution in [-0.4, -0.2) is 39.3 Å². The zero-order valence-corrected chi connectivity index (χ0v) is 11.5. The minimum atomic E-state index is -2.93. The van der Waals surface area contributed by atoms with E-state index in [1.54, 1.807) is 13.0 Å². The second kappa shape index (κ2) is 4.72. The molecule has 1 aromatic carbocycles. The minimum Gasteiger partial charge on any atom is -0.370 e. The Labute approximate surface area is 108 Å². The summed E-state index contributed by atoms with van der Waals surface area (Å²) in [6.07, 6.45) is 2.13. The van der Waals surface area contributed by atoms with E-state index in [1.165, 1.54) is 6.26 Å². The van der Waals surface area contributed by atoms with Crippen LogP contribution in [-0.2, 0) is 16.3 Å². The summed E-state index contributed by atoms with van der Waals surface area (Å²) < 4.78 is 22.3. The van der Waals surface area contributed by atoms with E-state index >= 15 is 0 Å². The van der Waals surface area contributed by atoms with Crippen molar-refractivity contribution in [2.24, 2.45) is 0 Å². The lowest BCUT2D eigenvalue weighted by molar-refractivity contribution is 0.101. The highest BCUT2D eigenvalue weighted by Crippen LogP contribution is 2.28. The van der Waals surface area contributed by atoms with Gasteiger partial charge in [-0.1, -0.05) is 0 Å². The molecule has 0 aromatic heterocycles. The first kappa shape index (κ1) is 13.1. The van der Waals surface area contributed by atoms with Gasteiger partial charge in [-0.2, -0.15) is 0 Å². The molecule has 1 heterocycles. The van der Waals surface area contributed by atoms with Crippen molar-refractivity contribution in [2.75, 3.05) is 30.0 Å². The number of carbonyl (C=O) groups is 1. The highest BCUT2D eigenvalue weighted by Gasteiger charge is 2.20. The molecule has 1 aliphatic rings. The Kier molecular flexibility index (Phi) is 3.43. The van der Waals surface area contributed by atoms with Crippen molar-refractivity contribution in [3.05, 3.63) is 29.3 Å². The van der Waals surface area contributed by atoms with Gasteiger partial charge < -0.3 is 4.90 Å². The average molecular weight is 267 g/mol. The SMILES string of the molecule is CC(=O)c1ccc2c(c1)CCN2CCS(C)(=O)=O. The highest BCUT2D eigenvalue weighted by molar-refractivity contribution is 7.90. The van der Waals surface area contributed by atoms with E-state index in [4.69, 9.17) is 0 Å². The fraction of sp³-hybridized carbons (Fsp3) is 0.462. The molecule has 5 heteroatoms. The van der Waals surface area contributed by atoms with E-state index in [0.717, 1.165) is 29.8 Å². The van der Waals surface area contributed by atoms with Gasteiger partial charge in [0.25, 0.3) is 0 Å².